The summed E-state index contributed by atoms with van der Waals surface area (Å²) >= 11 is 1.60. The van der Waals surface area contributed by atoms with Crippen molar-refractivity contribution in [3.05, 3.63) is 7.62 Å². The molecule has 0 aromatic rings. The quantitative estimate of drug-likeness (QED) is 0.569. The monoisotopic (exact) mass is 255 g/mol. The van der Waals surface area contributed by atoms with Crippen molar-refractivity contribution in [1.82, 2.24) is 5.32 Å². The van der Waals surface area contributed by atoms with Gasteiger partial charge in [0.25, 0.3) is 0 Å². The SMILES string of the molecule is O=C1C=[C]([Tb])C(=O)N1. The predicted molar refractivity (Wildman–Crippen MR) is 21.2 cm³/mol. The van der Waals surface area contributed by atoms with E-state index in [4.69, 9.17) is 0 Å². The Hall–Kier alpha value is 0.166. The molecule has 0 fully saturated rings. The van der Waals surface area contributed by atoms with Gasteiger partial charge in [0, 0.05) is 0 Å². The van der Waals surface area contributed by atoms with Crippen molar-refractivity contribution in [2.24, 2.45) is 0 Å². The van der Waals surface area contributed by atoms with E-state index < -0.39 is 0 Å². The first-order valence-corrected chi connectivity index (χ1v) is 2.97. The first-order valence-electron chi connectivity index (χ1n) is 1.90. The first kappa shape index (κ1) is 6.29. The molecule has 0 saturated heterocycles. The molecule has 0 aromatic carbocycles. The van der Waals surface area contributed by atoms with Crippen molar-refractivity contribution < 1.29 is 46.2 Å². The zero-order valence-corrected chi connectivity index (χ0v) is 5.87. The number of imide groups is 1. The molecule has 0 saturated carbocycles. The summed E-state index contributed by atoms with van der Waals surface area (Å²) < 4.78 is 0.481. The van der Waals surface area contributed by atoms with Gasteiger partial charge in [-0.3, -0.25) is 0 Å². The van der Waals surface area contributed by atoms with Gasteiger partial charge >= 0.3 is 71.0 Å². The summed E-state index contributed by atoms with van der Waals surface area (Å²) in [5, 5.41) is 2.10. The average molecular weight is 255 g/mol. The van der Waals surface area contributed by atoms with Crippen LogP contribution in [0.5, 0.6) is 0 Å². The molecule has 0 spiro atoms. The van der Waals surface area contributed by atoms with Gasteiger partial charge in [-0.25, -0.2) is 0 Å². The molecule has 3 nitrogen and oxygen atoms in total. The van der Waals surface area contributed by atoms with E-state index in [-0.39, 0.29) is 11.8 Å². The third kappa shape index (κ3) is 1.11. The molecule has 0 aromatic heterocycles. The molecular weight excluding hydrogens is 253 g/mol. The van der Waals surface area contributed by atoms with Crippen LogP contribution in [-0.2, 0) is 9.59 Å². The van der Waals surface area contributed by atoms with Gasteiger partial charge in [-0.1, -0.05) is 0 Å². The summed E-state index contributed by atoms with van der Waals surface area (Å²) in [7, 11) is 0. The van der Waals surface area contributed by atoms with E-state index in [1.165, 1.54) is 6.08 Å². The maximum absolute atomic E-state index is 10.4. The second-order valence-electron chi connectivity index (χ2n) is 1.29. The molecule has 1 rings (SSSR count). The fourth-order valence-electron chi connectivity index (χ4n) is 0.380. The minimum absolute atomic E-state index is 0.282. The Morgan fingerprint density at radius 2 is 2.12 bits per heavy atom. The summed E-state index contributed by atoms with van der Waals surface area (Å²) in [5.74, 6) is -0.595. The van der Waals surface area contributed by atoms with Gasteiger partial charge in [-0.2, -0.15) is 0 Å². The fourth-order valence-corrected chi connectivity index (χ4v) is 0.794. The van der Waals surface area contributed by atoms with Crippen LogP contribution < -0.4 is 5.32 Å². The standard InChI is InChI=1S/C4H2NO2.Tb/c6-3-1-2-4(7)5-3;/h1H,(H,5,6,7);. The van der Waals surface area contributed by atoms with Crippen LogP contribution in [-0.4, -0.2) is 11.8 Å². The maximum atomic E-state index is 10.4. The number of amides is 2. The Morgan fingerprint density at radius 3 is 2.25 bits per heavy atom. The molecule has 44 valence electrons. The number of carbonyl (C=O) groups excluding carboxylic acids is 2. The number of hydrogen-bond acceptors (Lipinski definition) is 2. The molecule has 1 aliphatic rings. The molecule has 0 unspecified atom stereocenters. The molecule has 2 amide bonds. The van der Waals surface area contributed by atoms with E-state index >= 15 is 0 Å². The second-order valence-corrected chi connectivity index (χ2v) is 2.44. The zero-order valence-electron chi connectivity index (χ0n) is 3.73. The Labute approximate surface area is 70.4 Å². The Morgan fingerprint density at radius 1 is 1.50 bits per heavy atom. The van der Waals surface area contributed by atoms with E-state index in [0.717, 1.165) is 0 Å². The molecule has 1 aliphatic heterocycles. The minimum atomic E-state index is -0.312. The van der Waals surface area contributed by atoms with Gasteiger partial charge in [-0.15, -0.1) is 0 Å². The van der Waals surface area contributed by atoms with Crippen LogP contribution in [0.4, 0.5) is 0 Å². The van der Waals surface area contributed by atoms with Crippen LogP contribution in [0.15, 0.2) is 7.62 Å². The summed E-state index contributed by atoms with van der Waals surface area (Å²) in [5.41, 5.74) is 0. The Bertz CT molecular complexity index is 184. The number of rotatable bonds is 0. The molecule has 0 radical (unpaired) electrons. The molecular formula is C4H2NO2Tb. The van der Waals surface area contributed by atoms with Crippen LogP contribution >= 0.6 is 0 Å². The number of nitrogens with one attached hydrogen (secondary N) is 1. The van der Waals surface area contributed by atoms with Gasteiger partial charge in [0.15, 0.2) is 0 Å². The molecule has 0 bridgehead atoms. The molecule has 8 heavy (non-hydrogen) atoms. The number of hydrogen-bond donors (Lipinski definition) is 1. The normalized spacial score (nSPS) is 18.5. The van der Waals surface area contributed by atoms with Crippen LogP contribution in [0.3, 0.4) is 0 Å². The first-order chi connectivity index (χ1) is 3.70. The Balaban J connectivity index is 2.88. The second kappa shape index (κ2) is 2.19. The van der Waals surface area contributed by atoms with Crippen LogP contribution in [0, 0.1) is 36.6 Å². The van der Waals surface area contributed by atoms with Crippen LogP contribution in [0.25, 0.3) is 0 Å². The summed E-state index contributed by atoms with van der Waals surface area (Å²) in [6.45, 7) is 0. The predicted octanol–water partition coefficient (Wildman–Crippen LogP) is -0.924. The topological polar surface area (TPSA) is 46.2 Å². The summed E-state index contributed by atoms with van der Waals surface area (Å²) in [4.78, 5) is 20.6. The van der Waals surface area contributed by atoms with Crippen molar-refractivity contribution in [3.8, 4) is 0 Å². The van der Waals surface area contributed by atoms with Crippen molar-refractivity contribution in [2.75, 3.05) is 0 Å². The summed E-state index contributed by atoms with van der Waals surface area (Å²) in [6, 6.07) is 0. The zero-order chi connectivity index (χ0) is 6.15. The molecule has 4 heteroatoms. The van der Waals surface area contributed by atoms with Gasteiger partial charge in [0.2, 0.25) is 0 Å². The Kier molecular flexibility index (Phi) is 1.72. The van der Waals surface area contributed by atoms with Gasteiger partial charge in [0.1, 0.15) is 0 Å². The molecule has 0 atom stereocenters. The van der Waals surface area contributed by atoms with Gasteiger partial charge in [-0.05, 0) is 0 Å². The van der Waals surface area contributed by atoms with E-state index in [9.17, 15) is 9.59 Å². The van der Waals surface area contributed by atoms with Gasteiger partial charge < -0.3 is 0 Å². The third-order valence-corrected chi connectivity index (χ3v) is 1.49. The van der Waals surface area contributed by atoms with Crippen LogP contribution in [0.1, 0.15) is 0 Å². The van der Waals surface area contributed by atoms with Crippen molar-refractivity contribution in [1.29, 1.82) is 0 Å². The van der Waals surface area contributed by atoms with E-state index in [2.05, 4.69) is 5.32 Å². The fraction of sp³-hybridized carbons (Fsp3) is 0. The molecule has 1 N–H and O–H groups in total. The average Bonchev–Trinajstić information content (AvgIpc) is 1.85. The summed E-state index contributed by atoms with van der Waals surface area (Å²) in [6.07, 6.45) is 1.28. The van der Waals surface area contributed by atoms with E-state index in [1.54, 1.807) is 36.6 Å². The number of carbonyl (C=O) groups is 2. The van der Waals surface area contributed by atoms with Crippen molar-refractivity contribution in [3.63, 3.8) is 0 Å². The van der Waals surface area contributed by atoms with Crippen molar-refractivity contribution >= 4 is 11.8 Å². The third-order valence-electron chi connectivity index (χ3n) is 0.695. The molecule has 0 aliphatic carbocycles. The van der Waals surface area contributed by atoms with E-state index in [0.29, 0.717) is 1.54 Å². The van der Waals surface area contributed by atoms with E-state index in [1.807, 2.05) is 0 Å². The molecule has 1 heterocycles. The van der Waals surface area contributed by atoms with Gasteiger partial charge in [0.05, 0.1) is 0 Å². The van der Waals surface area contributed by atoms with Crippen LogP contribution in [0.2, 0.25) is 0 Å². The van der Waals surface area contributed by atoms with Crippen molar-refractivity contribution in [2.45, 2.75) is 0 Å².